The lowest BCUT2D eigenvalue weighted by Crippen LogP contribution is -2.37. The van der Waals surface area contributed by atoms with Gasteiger partial charge in [-0.2, -0.15) is 11.8 Å². The third-order valence-electron chi connectivity index (χ3n) is 3.54. The molecule has 0 aromatic heterocycles. The van der Waals surface area contributed by atoms with Crippen LogP contribution in [0.5, 0.6) is 0 Å². The lowest BCUT2D eigenvalue weighted by molar-refractivity contribution is 0.781. The summed E-state index contributed by atoms with van der Waals surface area (Å²) in [5.41, 5.74) is 2.62. The third-order valence-corrected chi connectivity index (χ3v) is 4.48. The fourth-order valence-corrected chi connectivity index (χ4v) is 3.20. The number of benzene rings is 1. The standard InChI is InChI=1S/C16H26N4S/c1-3-8-18-16(17-2)19-13-14-4-6-15(7-5-14)20-9-11-21-12-10-20/h4-7H,3,8-13H2,1-2H3,(H2,17,18,19). The fraction of sp³-hybridized carbons (Fsp3) is 0.562. The van der Waals surface area contributed by atoms with Gasteiger partial charge in [0.05, 0.1) is 0 Å². The molecular formula is C16H26N4S. The zero-order chi connectivity index (χ0) is 14.9. The molecule has 1 aromatic rings. The fourth-order valence-electron chi connectivity index (χ4n) is 2.30. The van der Waals surface area contributed by atoms with Crippen LogP contribution in [0.25, 0.3) is 0 Å². The van der Waals surface area contributed by atoms with Crippen LogP contribution in [-0.4, -0.2) is 44.1 Å². The molecule has 2 rings (SSSR count). The Morgan fingerprint density at radius 2 is 1.90 bits per heavy atom. The van der Waals surface area contributed by atoms with Gasteiger partial charge in [-0.15, -0.1) is 0 Å². The zero-order valence-corrected chi connectivity index (χ0v) is 13.9. The van der Waals surface area contributed by atoms with E-state index in [2.05, 4.69) is 51.7 Å². The largest absolute Gasteiger partial charge is 0.370 e. The highest BCUT2D eigenvalue weighted by atomic mass is 32.2. The van der Waals surface area contributed by atoms with Gasteiger partial charge in [-0.05, 0) is 24.1 Å². The minimum Gasteiger partial charge on any atom is -0.370 e. The van der Waals surface area contributed by atoms with Crippen molar-refractivity contribution < 1.29 is 0 Å². The molecule has 116 valence electrons. The molecule has 1 saturated heterocycles. The number of nitrogens with one attached hydrogen (secondary N) is 2. The molecule has 1 fully saturated rings. The molecule has 1 aliphatic heterocycles. The second-order valence-corrected chi connectivity index (χ2v) is 6.34. The molecule has 4 nitrogen and oxygen atoms in total. The highest BCUT2D eigenvalue weighted by Gasteiger charge is 2.10. The number of hydrogen-bond donors (Lipinski definition) is 2. The van der Waals surface area contributed by atoms with Crippen molar-refractivity contribution in [3.63, 3.8) is 0 Å². The van der Waals surface area contributed by atoms with Gasteiger partial charge >= 0.3 is 0 Å². The Hall–Kier alpha value is -1.36. The number of thioether (sulfide) groups is 1. The molecule has 1 aromatic carbocycles. The van der Waals surface area contributed by atoms with Crippen molar-refractivity contribution in [1.29, 1.82) is 0 Å². The molecule has 5 heteroatoms. The first kappa shape index (κ1) is 16.0. The van der Waals surface area contributed by atoms with Crippen LogP contribution in [-0.2, 0) is 6.54 Å². The summed E-state index contributed by atoms with van der Waals surface area (Å²) in [4.78, 5) is 6.68. The van der Waals surface area contributed by atoms with Gasteiger partial charge in [0.25, 0.3) is 0 Å². The SMILES string of the molecule is CCCNC(=NC)NCc1ccc(N2CCSCC2)cc1. The molecule has 0 bridgehead atoms. The van der Waals surface area contributed by atoms with E-state index in [1.165, 1.54) is 22.8 Å². The topological polar surface area (TPSA) is 39.7 Å². The van der Waals surface area contributed by atoms with Crippen LogP contribution in [0, 0.1) is 0 Å². The summed E-state index contributed by atoms with van der Waals surface area (Å²) in [6.45, 7) is 6.23. The van der Waals surface area contributed by atoms with Gasteiger partial charge in [-0.3, -0.25) is 4.99 Å². The molecular weight excluding hydrogens is 280 g/mol. The highest BCUT2D eigenvalue weighted by molar-refractivity contribution is 7.99. The Morgan fingerprint density at radius 1 is 1.19 bits per heavy atom. The van der Waals surface area contributed by atoms with Crippen molar-refractivity contribution in [1.82, 2.24) is 10.6 Å². The van der Waals surface area contributed by atoms with Crippen molar-refractivity contribution >= 4 is 23.4 Å². The maximum atomic E-state index is 4.22. The molecule has 0 atom stereocenters. The monoisotopic (exact) mass is 306 g/mol. The summed E-state index contributed by atoms with van der Waals surface area (Å²) >= 11 is 2.04. The summed E-state index contributed by atoms with van der Waals surface area (Å²) in [6.07, 6.45) is 1.10. The number of guanidine groups is 1. The van der Waals surface area contributed by atoms with E-state index in [1.54, 1.807) is 0 Å². The third kappa shape index (κ3) is 5.16. The van der Waals surface area contributed by atoms with Crippen molar-refractivity contribution in [3.8, 4) is 0 Å². The average Bonchev–Trinajstić information content (AvgIpc) is 2.56. The lowest BCUT2D eigenvalue weighted by Gasteiger charge is -2.28. The number of aliphatic imine (C=N–C) groups is 1. The summed E-state index contributed by atoms with van der Waals surface area (Å²) in [6, 6.07) is 8.87. The van der Waals surface area contributed by atoms with Crippen LogP contribution >= 0.6 is 11.8 Å². The average molecular weight is 306 g/mol. The van der Waals surface area contributed by atoms with Crippen LogP contribution in [0.15, 0.2) is 29.3 Å². The molecule has 0 saturated carbocycles. The van der Waals surface area contributed by atoms with Crippen LogP contribution in [0.4, 0.5) is 5.69 Å². The van der Waals surface area contributed by atoms with Gasteiger partial charge in [0.1, 0.15) is 0 Å². The minimum absolute atomic E-state index is 0.805. The zero-order valence-electron chi connectivity index (χ0n) is 13.1. The van der Waals surface area contributed by atoms with E-state index in [9.17, 15) is 0 Å². The Balaban J connectivity index is 1.84. The normalized spacial score (nSPS) is 15.9. The van der Waals surface area contributed by atoms with Gasteiger partial charge < -0.3 is 15.5 Å². The van der Waals surface area contributed by atoms with Crippen molar-refractivity contribution in [3.05, 3.63) is 29.8 Å². The molecule has 0 amide bonds. The van der Waals surface area contributed by atoms with Gasteiger partial charge in [-0.25, -0.2) is 0 Å². The molecule has 0 radical (unpaired) electrons. The maximum Gasteiger partial charge on any atom is 0.191 e. The quantitative estimate of drug-likeness (QED) is 0.647. The first-order valence-corrected chi connectivity index (χ1v) is 8.85. The number of hydrogen-bond acceptors (Lipinski definition) is 3. The van der Waals surface area contributed by atoms with E-state index in [1.807, 2.05) is 18.8 Å². The van der Waals surface area contributed by atoms with Crippen LogP contribution in [0.2, 0.25) is 0 Å². The molecule has 1 aliphatic rings. The van der Waals surface area contributed by atoms with E-state index >= 15 is 0 Å². The minimum atomic E-state index is 0.805. The van der Waals surface area contributed by atoms with E-state index in [0.717, 1.165) is 38.6 Å². The maximum absolute atomic E-state index is 4.22. The summed E-state index contributed by atoms with van der Waals surface area (Å²) < 4.78 is 0. The Labute approximate surface area is 132 Å². The molecule has 21 heavy (non-hydrogen) atoms. The second kappa shape index (κ2) is 8.82. The van der Waals surface area contributed by atoms with Gasteiger partial charge in [0.2, 0.25) is 0 Å². The molecule has 0 aliphatic carbocycles. The number of rotatable bonds is 5. The van der Waals surface area contributed by atoms with Crippen LogP contribution < -0.4 is 15.5 Å². The first-order valence-electron chi connectivity index (χ1n) is 7.69. The van der Waals surface area contributed by atoms with Gasteiger partial charge in [-0.1, -0.05) is 19.1 Å². The summed E-state index contributed by atoms with van der Waals surface area (Å²) in [7, 11) is 1.81. The second-order valence-electron chi connectivity index (χ2n) is 5.12. The summed E-state index contributed by atoms with van der Waals surface area (Å²) in [5, 5.41) is 6.62. The van der Waals surface area contributed by atoms with Gasteiger partial charge in [0, 0.05) is 50.4 Å². The van der Waals surface area contributed by atoms with Crippen LogP contribution in [0.1, 0.15) is 18.9 Å². The highest BCUT2D eigenvalue weighted by Crippen LogP contribution is 2.19. The van der Waals surface area contributed by atoms with Crippen molar-refractivity contribution in [2.75, 3.05) is 43.1 Å². The molecule has 1 heterocycles. The first-order chi connectivity index (χ1) is 10.3. The van der Waals surface area contributed by atoms with E-state index in [4.69, 9.17) is 0 Å². The smallest absolute Gasteiger partial charge is 0.191 e. The van der Waals surface area contributed by atoms with Crippen LogP contribution in [0.3, 0.4) is 0 Å². The van der Waals surface area contributed by atoms with E-state index in [0.29, 0.717) is 0 Å². The lowest BCUT2D eigenvalue weighted by atomic mass is 10.2. The Kier molecular flexibility index (Phi) is 6.73. The van der Waals surface area contributed by atoms with Crippen molar-refractivity contribution in [2.24, 2.45) is 4.99 Å². The van der Waals surface area contributed by atoms with Gasteiger partial charge in [0.15, 0.2) is 5.96 Å². The van der Waals surface area contributed by atoms with Crippen molar-refractivity contribution in [2.45, 2.75) is 19.9 Å². The molecule has 0 spiro atoms. The van der Waals surface area contributed by atoms with E-state index < -0.39 is 0 Å². The predicted octanol–water partition coefficient (Wildman–Crippen LogP) is 2.31. The number of anilines is 1. The molecule has 0 unspecified atom stereocenters. The number of nitrogens with zero attached hydrogens (tertiary/aromatic N) is 2. The van der Waals surface area contributed by atoms with E-state index in [-0.39, 0.29) is 0 Å². The summed E-state index contributed by atoms with van der Waals surface area (Å²) in [5.74, 6) is 3.35. The molecule has 2 N–H and O–H groups in total. The Morgan fingerprint density at radius 3 is 2.52 bits per heavy atom. The predicted molar refractivity (Wildman–Crippen MR) is 94.5 cm³/mol. The Bertz CT molecular complexity index is 438.